The number of sulfonamides is 1. The number of carbonyl (C=O) groups excluding carboxylic acids is 1. The van der Waals surface area contributed by atoms with Crippen LogP contribution in [0.3, 0.4) is 0 Å². The number of rotatable bonds is 5. The first-order valence-electron chi connectivity index (χ1n) is 10.6. The zero-order valence-electron chi connectivity index (χ0n) is 17.4. The van der Waals surface area contributed by atoms with E-state index >= 15 is 0 Å². The number of hydrogen-bond acceptors (Lipinski definition) is 6. The summed E-state index contributed by atoms with van der Waals surface area (Å²) in [5.41, 5.74) is 7.42. The van der Waals surface area contributed by atoms with Crippen LogP contribution in [0.25, 0.3) is 0 Å². The second-order valence-electron chi connectivity index (χ2n) is 8.01. The van der Waals surface area contributed by atoms with Gasteiger partial charge in [-0.15, -0.1) is 0 Å². The number of carbonyl (C=O) groups is 1. The van der Waals surface area contributed by atoms with Crippen molar-refractivity contribution in [3.8, 4) is 0 Å². The number of benzene rings is 1. The molecule has 3 heterocycles. The number of morpholine rings is 1. The molecule has 0 aliphatic carbocycles. The van der Waals surface area contributed by atoms with Crippen LogP contribution < -0.4 is 5.73 Å². The molecule has 0 radical (unpaired) electrons. The van der Waals surface area contributed by atoms with E-state index in [2.05, 4.69) is 4.98 Å². The number of ether oxygens (including phenoxy) is 1. The van der Waals surface area contributed by atoms with E-state index in [1.54, 1.807) is 11.0 Å². The molecule has 1 aromatic carbocycles. The second kappa shape index (κ2) is 9.44. The summed E-state index contributed by atoms with van der Waals surface area (Å²) in [7, 11) is -3.86. The molecular formula is C22H28N4O4S. The molecule has 1 amide bonds. The zero-order valence-corrected chi connectivity index (χ0v) is 18.2. The summed E-state index contributed by atoms with van der Waals surface area (Å²) < 4.78 is 33.7. The van der Waals surface area contributed by atoms with Gasteiger partial charge in [-0.3, -0.25) is 4.79 Å². The third-order valence-electron chi connectivity index (χ3n) is 6.00. The lowest BCUT2D eigenvalue weighted by atomic mass is 9.85. The van der Waals surface area contributed by atoms with Gasteiger partial charge in [0.05, 0.1) is 19.1 Å². The number of hydrogen-bond donors (Lipinski definition) is 1. The first-order valence-corrected chi connectivity index (χ1v) is 12.0. The Morgan fingerprint density at radius 3 is 2.58 bits per heavy atom. The fourth-order valence-electron chi connectivity index (χ4n) is 4.29. The van der Waals surface area contributed by atoms with Crippen molar-refractivity contribution in [1.29, 1.82) is 0 Å². The van der Waals surface area contributed by atoms with E-state index in [1.807, 2.05) is 30.3 Å². The van der Waals surface area contributed by atoms with Gasteiger partial charge in [-0.2, -0.15) is 4.31 Å². The molecule has 31 heavy (non-hydrogen) atoms. The summed E-state index contributed by atoms with van der Waals surface area (Å²) in [6, 6.07) is 13.0. The maximum atomic E-state index is 13.5. The number of pyridine rings is 1. The van der Waals surface area contributed by atoms with Gasteiger partial charge in [0.15, 0.2) is 5.03 Å². The summed E-state index contributed by atoms with van der Waals surface area (Å²) in [6.07, 6.45) is 2.08. The van der Waals surface area contributed by atoms with Crippen molar-refractivity contribution < 1.29 is 17.9 Å². The molecule has 2 atom stereocenters. The average Bonchev–Trinajstić information content (AvgIpc) is 2.84. The maximum absolute atomic E-state index is 13.5. The second-order valence-corrected chi connectivity index (χ2v) is 9.89. The van der Waals surface area contributed by atoms with Crippen LogP contribution in [0.5, 0.6) is 0 Å². The molecule has 2 N–H and O–H groups in total. The van der Waals surface area contributed by atoms with E-state index in [0.29, 0.717) is 44.8 Å². The number of nitrogens with zero attached hydrogens (tertiary/aromatic N) is 3. The Balaban J connectivity index is 1.64. The third-order valence-corrected chi connectivity index (χ3v) is 7.73. The van der Waals surface area contributed by atoms with Crippen LogP contribution >= 0.6 is 0 Å². The number of piperidine rings is 1. The average molecular weight is 445 g/mol. The van der Waals surface area contributed by atoms with Crippen LogP contribution in [0.1, 0.15) is 23.5 Å². The minimum atomic E-state index is -3.86. The highest BCUT2D eigenvalue weighted by molar-refractivity contribution is 7.89. The van der Waals surface area contributed by atoms with Crippen LogP contribution in [0, 0.1) is 5.92 Å². The number of nitrogens with two attached hydrogens (primary N) is 1. The molecule has 166 valence electrons. The van der Waals surface area contributed by atoms with Crippen LogP contribution in [0.15, 0.2) is 53.7 Å². The van der Waals surface area contributed by atoms with E-state index < -0.39 is 15.9 Å². The van der Waals surface area contributed by atoms with Gasteiger partial charge in [0.25, 0.3) is 10.0 Å². The lowest BCUT2D eigenvalue weighted by Gasteiger charge is -2.39. The minimum absolute atomic E-state index is 0.00667. The minimum Gasteiger partial charge on any atom is -0.378 e. The summed E-state index contributed by atoms with van der Waals surface area (Å²) in [4.78, 5) is 19.1. The fraction of sp³-hybridized carbons (Fsp3) is 0.455. The van der Waals surface area contributed by atoms with E-state index in [0.717, 1.165) is 5.56 Å². The van der Waals surface area contributed by atoms with Crippen molar-refractivity contribution in [1.82, 2.24) is 14.2 Å². The van der Waals surface area contributed by atoms with Crippen molar-refractivity contribution >= 4 is 15.9 Å². The first-order chi connectivity index (χ1) is 15.0. The van der Waals surface area contributed by atoms with Crippen molar-refractivity contribution in [2.24, 2.45) is 11.7 Å². The summed E-state index contributed by atoms with van der Waals surface area (Å²) in [5.74, 6) is -0.491. The third kappa shape index (κ3) is 4.79. The molecule has 4 rings (SSSR count). The van der Waals surface area contributed by atoms with Crippen LogP contribution in [-0.2, 0) is 26.1 Å². The first kappa shape index (κ1) is 21.9. The van der Waals surface area contributed by atoms with E-state index in [9.17, 15) is 13.2 Å². The molecule has 2 fully saturated rings. The maximum Gasteiger partial charge on any atom is 0.260 e. The predicted molar refractivity (Wildman–Crippen MR) is 116 cm³/mol. The topological polar surface area (TPSA) is 106 Å². The van der Waals surface area contributed by atoms with Crippen LogP contribution in [0.4, 0.5) is 0 Å². The molecule has 1 aromatic heterocycles. The highest BCUT2D eigenvalue weighted by atomic mass is 32.2. The van der Waals surface area contributed by atoms with Gasteiger partial charge in [-0.1, -0.05) is 30.3 Å². The number of aromatic nitrogens is 1. The molecule has 2 unspecified atom stereocenters. The molecule has 2 aliphatic rings. The number of amides is 1. The summed E-state index contributed by atoms with van der Waals surface area (Å²) in [5, 5.41) is -0.0262. The Bertz CT molecular complexity index is 1010. The van der Waals surface area contributed by atoms with Gasteiger partial charge in [0, 0.05) is 38.9 Å². The Morgan fingerprint density at radius 2 is 1.87 bits per heavy atom. The molecule has 0 spiro atoms. The highest BCUT2D eigenvalue weighted by Crippen LogP contribution is 2.34. The Morgan fingerprint density at radius 1 is 1.13 bits per heavy atom. The standard InChI is InChI=1S/C22H28N4O4S/c23-14-17-6-7-24-21(12-17)31(28,29)26-15-19(18-4-2-1-3-5-18)13-20(16-26)22(27)25-8-10-30-11-9-25/h1-7,12,19-20H,8-11,13-16,23H2. The normalized spacial score (nSPS) is 22.9. The van der Waals surface area contributed by atoms with Gasteiger partial charge in [-0.05, 0) is 35.6 Å². The fourth-order valence-corrected chi connectivity index (χ4v) is 5.80. The van der Waals surface area contributed by atoms with E-state index in [1.165, 1.54) is 16.6 Å². The Labute approximate surface area is 183 Å². The molecule has 2 aliphatic heterocycles. The van der Waals surface area contributed by atoms with Crippen molar-refractivity contribution in [2.75, 3.05) is 39.4 Å². The SMILES string of the molecule is NCc1ccnc(S(=O)(=O)N2CC(C(=O)N3CCOCC3)CC(c3ccccc3)C2)c1. The van der Waals surface area contributed by atoms with Gasteiger partial charge in [0.2, 0.25) is 5.91 Å². The van der Waals surface area contributed by atoms with Crippen molar-refractivity contribution in [2.45, 2.75) is 23.9 Å². The quantitative estimate of drug-likeness (QED) is 0.743. The zero-order chi connectivity index (χ0) is 21.8. The Kier molecular flexibility index (Phi) is 6.66. The van der Waals surface area contributed by atoms with Crippen molar-refractivity contribution in [3.05, 3.63) is 59.8 Å². The smallest absolute Gasteiger partial charge is 0.260 e. The van der Waals surface area contributed by atoms with Crippen molar-refractivity contribution in [3.63, 3.8) is 0 Å². The van der Waals surface area contributed by atoms with Gasteiger partial charge in [0.1, 0.15) is 0 Å². The van der Waals surface area contributed by atoms with Gasteiger partial charge in [-0.25, -0.2) is 13.4 Å². The molecule has 2 aromatic rings. The summed E-state index contributed by atoms with van der Waals surface area (Å²) >= 11 is 0. The molecule has 0 bridgehead atoms. The monoisotopic (exact) mass is 444 g/mol. The largest absolute Gasteiger partial charge is 0.378 e. The van der Waals surface area contributed by atoms with Gasteiger partial charge >= 0.3 is 0 Å². The summed E-state index contributed by atoms with van der Waals surface area (Å²) in [6.45, 7) is 2.80. The lowest BCUT2D eigenvalue weighted by molar-refractivity contribution is -0.141. The Hall–Kier alpha value is -2.33. The lowest BCUT2D eigenvalue weighted by Crippen LogP contribution is -2.51. The molecule has 8 nitrogen and oxygen atoms in total. The molecule has 2 saturated heterocycles. The predicted octanol–water partition coefficient (Wildman–Crippen LogP) is 1.19. The van der Waals surface area contributed by atoms with E-state index in [-0.39, 0.29) is 29.9 Å². The molecule has 9 heteroatoms. The van der Waals surface area contributed by atoms with Crippen LogP contribution in [0.2, 0.25) is 0 Å². The molecule has 0 saturated carbocycles. The van der Waals surface area contributed by atoms with Crippen LogP contribution in [-0.4, -0.2) is 67.9 Å². The van der Waals surface area contributed by atoms with E-state index in [4.69, 9.17) is 10.5 Å². The highest BCUT2D eigenvalue weighted by Gasteiger charge is 2.40. The van der Waals surface area contributed by atoms with Gasteiger partial charge < -0.3 is 15.4 Å². The molecular weight excluding hydrogens is 416 g/mol.